The molecule has 72 valence electrons. The molecule has 4 heteroatoms. The van der Waals surface area contributed by atoms with E-state index in [4.69, 9.17) is 9.57 Å². The zero-order valence-electron chi connectivity index (χ0n) is 7.87. The number of ether oxygens (including phenoxy) is 1. The van der Waals surface area contributed by atoms with Crippen LogP contribution < -0.4 is 0 Å². The molecule has 0 amide bonds. The fourth-order valence-corrected chi connectivity index (χ4v) is 2.01. The van der Waals surface area contributed by atoms with Crippen molar-refractivity contribution in [3.63, 3.8) is 0 Å². The number of rotatable bonds is 2. The molecular formula is C9H13NO3. The maximum atomic E-state index is 11.5. The van der Waals surface area contributed by atoms with Crippen molar-refractivity contribution in [2.45, 2.75) is 25.9 Å². The van der Waals surface area contributed by atoms with Gasteiger partial charge < -0.3 is 9.57 Å². The van der Waals surface area contributed by atoms with Gasteiger partial charge in [0.05, 0.1) is 12.5 Å². The van der Waals surface area contributed by atoms with Gasteiger partial charge in [0.1, 0.15) is 12.3 Å². The lowest BCUT2D eigenvalue weighted by molar-refractivity contribution is -0.132. The van der Waals surface area contributed by atoms with Crippen LogP contribution in [-0.2, 0) is 14.4 Å². The highest BCUT2D eigenvalue weighted by molar-refractivity contribution is 6.14. The molecular weight excluding hydrogens is 170 g/mol. The molecule has 0 saturated carbocycles. The van der Waals surface area contributed by atoms with Crippen LogP contribution in [0.5, 0.6) is 0 Å². The van der Waals surface area contributed by atoms with E-state index in [1.807, 2.05) is 6.92 Å². The van der Waals surface area contributed by atoms with Crippen LogP contribution in [0.3, 0.4) is 0 Å². The predicted molar refractivity (Wildman–Crippen MR) is 46.5 cm³/mol. The fourth-order valence-electron chi connectivity index (χ4n) is 2.01. The van der Waals surface area contributed by atoms with E-state index in [1.165, 1.54) is 0 Å². The van der Waals surface area contributed by atoms with Crippen LogP contribution in [-0.4, -0.2) is 30.3 Å². The van der Waals surface area contributed by atoms with Gasteiger partial charge in [-0.25, -0.2) is 0 Å². The van der Waals surface area contributed by atoms with Gasteiger partial charge in [-0.15, -0.1) is 0 Å². The zero-order valence-corrected chi connectivity index (χ0v) is 7.87. The Balaban J connectivity index is 2.36. The Morgan fingerprint density at radius 2 is 2.46 bits per heavy atom. The average molecular weight is 183 g/mol. The molecule has 2 heterocycles. The van der Waals surface area contributed by atoms with Crippen molar-refractivity contribution in [1.82, 2.24) is 0 Å². The number of hydrogen-bond donors (Lipinski definition) is 0. The van der Waals surface area contributed by atoms with Crippen molar-refractivity contribution >= 4 is 11.5 Å². The van der Waals surface area contributed by atoms with E-state index < -0.39 is 5.60 Å². The number of oxime groups is 1. The Morgan fingerprint density at radius 3 is 3.08 bits per heavy atom. The summed E-state index contributed by atoms with van der Waals surface area (Å²) in [4.78, 5) is 16.5. The van der Waals surface area contributed by atoms with Crippen LogP contribution in [0.15, 0.2) is 5.16 Å². The van der Waals surface area contributed by atoms with E-state index in [2.05, 4.69) is 5.16 Å². The lowest BCUT2D eigenvalue weighted by atomic mass is 9.87. The van der Waals surface area contributed by atoms with Crippen LogP contribution in [0.25, 0.3) is 0 Å². The van der Waals surface area contributed by atoms with Crippen molar-refractivity contribution in [2.75, 3.05) is 13.2 Å². The Kier molecular flexibility index (Phi) is 1.87. The van der Waals surface area contributed by atoms with E-state index in [0.29, 0.717) is 19.6 Å². The molecule has 1 saturated heterocycles. The topological polar surface area (TPSA) is 47.9 Å². The standard InChI is InChI=1S/C9H13NO3/c1-3-9(6(2)11)8-7(4-12-9)5-13-10-8/h7H,3-5H2,1-2H3/t7-,9-/m0/s1. The molecule has 0 aromatic rings. The summed E-state index contributed by atoms with van der Waals surface area (Å²) in [6.07, 6.45) is 0.640. The van der Waals surface area contributed by atoms with Crippen molar-refractivity contribution in [3.05, 3.63) is 0 Å². The average Bonchev–Trinajstić information content (AvgIpc) is 2.62. The van der Waals surface area contributed by atoms with Gasteiger partial charge in [-0.3, -0.25) is 4.79 Å². The van der Waals surface area contributed by atoms with Crippen LogP contribution >= 0.6 is 0 Å². The highest BCUT2D eigenvalue weighted by atomic mass is 16.6. The van der Waals surface area contributed by atoms with Crippen LogP contribution in [0, 0.1) is 5.92 Å². The molecule has 2 aliphatic heterocycles. The second-order valence-electron chi connectivity index (χ2n) is 3.52. The van der Waals surface area contributed by atoms with Crippen molar-refractivity contribution in [1.29, 1.82) is 0 Å². The van der Waals surface area contributed by atoms with Crippen LogP contribution in [0.4, 0.5) is 0 Å². The first-order chi connectivity index (χ1) is 6.20. The number of nitrogens with zero attached hydrogens (tertiary/aromatic N) is 1. The Labute approximate surface area is 76.9 Å². The monoisotopic (exact) mass is 183 g/mol. The maximum absolute atomic E-state index is 11.5. The summed E-state index contributed by atoms with van der Waals surface area (Å²) in [5.74, 6) is 0.227. The number of hydrogen-bond acceptors (Lipinski definition) is 4. The predicted octanol–water partition coefficient (Wildman–Crippen LogP) is 0.757. The van der Waals surface area contributed by atoms with Crippen molar-refractivity contribution in [2.24, 2.45) is 11.1 Å². The molecule has 0 bridgehead atoms. The second kappa shape index (κ2) is 2.80. The maximum Gasteiger partial charge on any atom is 0.167 e. The molecule has 4 nitrogen and oxygen atoms in total. The minimum absolute atomic E-state index is 0.0294. The van der Waals surface area contributed by atoms with Crippen molar-refractivity contribution < 1.29 is 14.4 Å². The molecule has 1 fully saturated rings. The molecule has 0 aliphatic carbocycles. The molecule has 0 aromatic heterocycles. The summed E-state index contributed by atoms with van der Waals surface area (Å²) in [6, 6.07) is 0. The number of carbonyl (C=O) groups is 1. The lowest BCUT2D eigenvalue weighted by Gasteiger charge is -2.22. The number of Topliss-reactive ketones (excluding diaryl/α,β-unsaturated/α-hetero) is 1. The summed E-state index contributed by atoms with van der Waals surface area (Å²) in [5.41, 5.74) is 0.0174. The first kappa shape index (κ1) is 8.69. The Hall–Kier alpha value is -0.900. The quantitative estimate of drug-likeness (QED) is 0.635. The van der Waals surface area contributed by atoms with Crippen LogP contribution in [0.1, 0.15) is 20.3 Å². The smallest absolute Gasteiger partial charge is 0.167 e. The molecule has 0 unspecified atom stereocenters. The second-order valence-corrected chi connectivity index (χ2v) is 3.52. The Morgan fingerprint density at radius 1 is 1.69 bits per heavy atom. The van der Waals surface area contributed by atoms with Gasteiger partial charge >= 0.3 is 0 Å². The highest BCUT2D eigenvalue weighted by Gasteiger charge is 2.52. The molecule has 0 aromatic carbocycles. The third-order valence-electron chi connectivity index (χ3n) is 2.84. The zero-order chi connectivity index (χ0) is 9.47. The van der Waals surface area contributed by atoms with E-state index >= 15 is 0 Å². The van der Waals surface area contributed by atoms with E-state index in [1.54, 1.807) is 6.92 Å². The largest absolute Gasteiger partial charge is 0.395 e. The van der Waals surface area contributed by atoms with Crippen molar-refractivity contribution in [3.8, 4) is 0 Å². The van der Waals surface area contributed by atoms with Crippen LogP contribution in [0.2, 0.25) is 0 Å². The van der Waals surface area contributed by atoms with E-state index in [0.717, 1.165) is 5.71 Å². The minimum atomic E-state index is -0.777. The summed E-state index contributed by atoms with van der Waals surface area (Å²) in [5, 5.41) is 3.91. The molecule has 2 aliphatic rings. The molecule has 2 atom stereocenters. The van der Waals surface area contributed by atoms with Gasteiger partial charge in [0, 0.05) is 0 Å². The van der Waals surface area contributed by atoms with Gasteiger partial charge in [0.2, 0.25) is 0 Å². The first-order valence-corrected chi connectivity index (χ1v) is 4.56. The fraction of sp³-hybridized carbons (Fsp3) is 0.778. The third kappa shape index (κ3) is 1.01. The van der Waals surface area contributed by atoms with Gasteiger partial charge in [-0.05, 0) is 13.3 Å². The Bertz CT molecular complexity index is 274. The SMILES string of the molecule is CC[C@@]1(C(C)=O)OC[C@H]2CON=C21. The number of carbonyl (C=O) groups excluding carboxylic acids is 1. The van der Waals surface area contributed by atoms with Gasteiger partial charge in [-0.1, -0.05) is 12.1 Å². The van der Waals surface area contributed by atoms with E-state index in [-0.39, 0.29) is 11.7 Å². The van der Waals surface area contributed by atoms with Gasteiger partial charge in [0.15, 0.2) is 11.4 Å². The number of ketones is 1. The molecule has 0 radical (unpaired) electrons. The summed E-state index contributed by atoms with van der Waals surface area (Å²) in [7, 11) is 0. The molecule has 0 spiro atoms. The van der Waals surface area contributed by atoms with E-state index in [9.17, 15) is 4.79 Å². The molecule has 13 heavy (non-hydrogen) atoms. The summed E-state index contributed by atoms with van der Waals surface area (Å²) >= 11 is 0. The molecule has 0 N–H and O–H groups in total. The summed E-state index contributed by atoms with van der Waals surface area (Å²) < 4.78 is 5.56. The minimum Gasteiger partial charge on any atom is -0.395 e. The lowest BCUT2D eigenvalue weighted by Crippen LogP contribution is -2.43. The third-order valence-corrected chi connectivity index (χ3v) is 2.84. The highest BCUT2D eigenvalue weighted by Crippen LogP contribution is 2.34. The first-order valence-electron chi connectivity index (χ1n) is 4.56. The van der Waals surface area contributed by atoms with Gasteiger partial charge in [0.25, 0.3) is 0 Å². The number of fused-ring (bicyclic) bond motifs is 1. The summed E-state index contributed by atoms with van der Waals surface area (Å²) in [6.45, 7) is 4.61. The normalized spacial score (nSPS) is 36.8. The van der Waals surface area contributed by atoms with Gasteiger partial charge in [-0.2, -0.15) is 0 Å². The molecule has 2 rings (SSSR count).